The Hall–Kier alpha value is -1.65. The molecule has 1 aromatic rings. The molecular weight excluding hydrogens is 206 g/mol. The molecule has 16 heavy (non-hydrogen) atoms. The van der Waals surface area contributed by atoms with Gasteiger partial charge in [-0.2, -0.15) is 0 Å². The maximum atomic E-state index is 10.7. The lowest BCUT2D eigenvalue weighted by Gasteiger charge is -2.13. The quantitative estimate of drug-likeness (QED) is 0.792. The predicted molar refractivity (Wildman–Crippen MR) is 59.4 cm³/mol. The molecule has 0 aliphatic heterocycles. The average molecular weight is 221 g/mol. The number of hydrogen-bond donors (Lipinski definition) is 2. The number of nitrogens with one attached hydrogen (secondary N) is 1. The van der Waals surface area contributed by atoms with Gasteiger partial charge in [0.1, 0.15) is 5.82 Å². The molecule has 1 aliphatic carbocycles. The van der Waals surface area contributed by atoms with Crippen LogP contribution in [-0.4, -0.2) is 27.1 Å². The molecule has 1 heterocycles. The normalized spacial score (nSPS) is 16.8. The number of anilines is 1. The van der Waals surface area contributed by atoms with Crippen molar-refractivity contribution in [3.63, 3.8) is 0 Å². The van der Waals surface area contributed by atoms with E-state index in [9.17, 15) is 4.79 Å². The first-order valence-corrected chi connectivity index (χ1v) is 5.48. The lowest BCUT2D eigenvalue weighted by atomic mass is 10.1. The van der Waals surface area contributed by atoms with E-state index in [1.165, 1.54) is 19.0 Å². The smallest absolute Gasteiger partial charge is 0.374 e. The average Bonchev–Trinajstić information content (AvgIpc) is 3.01. The monoisotopic (exact) mass is 221 g/mol. The molecule has 2 N–H and O–H groups in total. The first-order valence-electron chi connectivity index (χ1n) is 5.48. The number of carboxylic acid groups (broad SMARTS) is 1. The molecule has 0 saturated heterocycles. The largest absolute Gasteiger partial charge is 0.475 e. The van der Waals surface area contributed by atoms with Crippen LogP contribution in [0.15, 0.2) is 12.3 Å². The van der Waals surface area contributed by atoms with Crippen molar-refractivity contribution in [1.82, 2.24) is 9.97 Å². The Morgan fingerprint density at radius 1 is 1.69 bits per heavy atom. The Balaban J connectivity index is 1.96. The molecule has 1 fully saturated rings. The van der Waals surface area contributed by atoms with Gasteiger partial charge < -0.3 is 10.4 Å². The molecule has 1 atom stereocenters. The molecular formula is C11H15N3O2. The van der Waals surface area contributed by atoms with Gasteiger partial charge >= 0.3 is 5.97 Å². The number of carbonyl (C=O) groups is 1. The second-order valence-electron chi connectivity index (χ2n) is 4.30. The van der Waals surface area contributed by atoms with E-state index in [0.29, 0.717) is 11.9 Å². The Kier molecular flexibility index (Phi) is 3.03. The van der Waals surface area contributed by atoms with Gasteiger partial charge in [0.05, 0.1) is 0 Å². The van der Waals surface area contributed by atoms with E-state index in [0.717, 1.165) is 12.3 Å². The molecule has 0 bridgehead atoms. The van der Waals surface area contributed by atoms with Crippen molar-refractivity contribution >= 4 is 11.8 Å². The van der Waals surface area contributed by atoms with Gasteiger partial charge in [-0.25, -0.2) is 14.8 Å². The third kappa shape index (κ3) is 2.92. The summed E-state index contributed by atoms with van der Waals surface area (Å²) in [7, 11) is 0. The van der Waals surface area contributed by atoms with Gasteiger partial charge in [0.25, 0.3) is 0 Å². The number of rotatable bonds is 5. The Morgan fingerprint density at radius 2 is 2.44 bits per heavy atom. The minimum absolute atomic E-state index is 0.163. The summed E-state index contributed by atoms with van der Waals surface area (Å²) >= 11 is 0. The van der Waals surface area contributed by atoms with Crippen molar-refractivity contribution in [3.05, 3.63) is 18.1 Å². The van der Waals surface area contributed by atoms with Crippen LogP contribution in [0.2, 0.25) is 0 Å². The van der Waals surface area contributed by atoms with Gasteiger partial charge in [-0.05, 0) is 25.3 Å². The van der Waals surface area contributed by atoms with E-state index >= 15 is 0 Å². The number of hydrogen-bond acceptors (Lipinski definition) is 4. The maximum Gasteiger partial charge on any atom is 0.374 e. The summed E-state index contributed by atoms with van der Waals surface area (Å²) in [5.74, 6) is 0.158. The molecule has 5 heteroatoms. The van der Waals surface area contributed by atoms with Gasteiger partial charge in [-0.3, -0.25) is 0 Å². The molecule has 0 radical (unpaired) electrons. The Morgan fingerprint density at radius 3 is 3.06 bits per heavy atom. The van der Waals surface area contributed by atoms with Gasteiger partial charge in [-0.15, -0.1) is 0 Å². The zero-order chi connectivity index (χ0) is 11.5. The predicted octanol–water partition coefficient (Wildman–Crippen LogP) is 1.78. The van der Waals surface area contributed by atoms with Crippen molar-refractivity contribution in [1.29, 1.82) is 0 Å². The highest BCUT2D eigenvalue weighted by Crippen LogP contribution is 2.33. The number of carboxylic acids is 1. The minimum atomic E-state index is -1.10. The highest BCUT2D eigenvalue weighted by Gasteiger charge is 2.23. The van der Waals surface area contributed by atoms with Crippen LogP contribution < -0.4 is 5.32 Å². The van der Waals surface area contributed by atoms with E-state index < -0.39 is 5.97 Å². The highest BCUT2D eigenvalue weighted by molar-refractivity contribution is 5.83. The molecule has 0 aromatic carbocycles. The number of aromatic nitrogens is 2. The van der Waals surface area contributed by atoms with E-state index in [-0.39, 0.29) is 5.82 Å². The van der Waals surface area contributed by atoms with Gasteiger partial charge in [0.2, 0.25) is 5.82 Å². The standard InChI is InChI=1S/C11H15N3O2/c1-7(6-8-2-3-8)13-9-4-5-12-10(14-9)11(15)16/h4-5,7-8H,2-3,6H2,1H3,(H,15,16)(H,12,13,14)/t7-/m1/s1. The maximum absolute atomic E-state index is 10.7. The van der Waals surface area contributed by atoms with Gasteiger partial charge in [-0.1, -0.05) is 12.8 Å². The molecule has 0 amide bonds. The molecule has 5 nitrogen and oxygen atoms in total. The van der Waals surface area contributed by atoms with E-state index in [2.05, 4.69) is 22.2 Å². The van der Waals surface area contributed by atoms with Crippen molar-refractivity contribution in [3.8, 4) is 0 Å². The molecule has 0 spiro atoms. The molecule has 1 aromatic heterocycles. The summed E-state index contributed by atoms with van der Waals surface area (Å²) in [6.45, 7) is 2.08. The zero-order valence-electron chi connectivity index (χ0n) is 9.18. The van der Waals surface area contributed by atoms with Crippen LogP contribution in [0.1, 0.15) is 36.8 Å². The minimum Gasteiger partial charge on any atom is -0.475 e. The fraction of sp³-hybridized carbons (Fsp3) is 0.545. The van der Waals surface area contributed by atoms with Crippen molar-refractivity contribution < 1.29 is 9.90 Å². The zero-order valence-corrected chi connectivity index (χ0v) is 9.18. The first-order chi connectivity index (χ1) is 7.65. The summed E-state index contributed by atoms with van der Waals surface area (Å²) in [4.78, 5) is 18.3. The lowest BCUT2D eigenvalue weighted by Crippen LogP contribution is -2.17. The number of aromatic carboxylic acids is 1. The van der Waals surface area contributed by atoms with Crippen LogP contribution in [0, 0.1) is 5.92 Å². The van der Waals surface area contributed by atoms with Crippen molar-refractivity contribution in [2.24, 2.45) is 5.92 Å². The van der Waals surface area contributed by atoms with Crippen molar-refractivity contribution in [2.75, 3.05) is 5.32 Å². The fourth-order valence-electron chi connectivity index (χ4n) is 1.71. The first kappa shape index (κ1) is 10.9. The Bertz CT molecular complexity index is 391. The molecule has 1 aliphatic rings. The van der Waals surface area contributed by atoms with Crippen LogP contribution in [0.4, 0.5) is 5.82 Å². The summed E-state index contributed by atoms with van der Waals surface area (Å²) in [6, 6.07) is 2.01. The summed E-state index contributed by atoms with van der Waals surface area (Å²) < 4.78 is 0. The van der Waals surface area contributed by atoms with Crippen LogP contribution in [-0.2, 0) is 0 Å². The molecule has 86 valence electrons. The van der Waals surface area contributed by atoms with Crippen LogP contribution >= 0.6 is 0 Å². The van der Waals surface area contributed by atoms with Gasteiger partial charge in [0.15, 0.2) is 0 Å². The summed E-state index contributed by atoms with van der Waals surface area (Å²) in [5.41, 5.74) is 0. The third-order valence-electron chi connectivity index (χ3n) is 2.62. The molecule has 2 rings (SSSR count). The van der Waals surface area contributed by atoms with E-state index in [4.69, 9.17) is 5.11 Å². The SMILES string of the molecule is C[C@H](CC1CC1)Nc1ccnc(C(=O)O)n1. The van der Waals surface area contributed by atoms with Crippen LogP contribution in [0.3, 0.4) is 0 Å². The lowest BCUT2D eigenvalue weighted by molar-refractivity contribution is 0.0683. The summed E-state index contributed by atoms with van der Waals surface area (Å²) in [6.07, 6.45) is 5.21. The van der Waals surface area contributed by atoms with Crippen molar-refractivity contribution in [2.45, 2.75) is 32.2 Å². The van der Waals surface area contributed by atoms with Crippen LogP contribution in [0.5, 0.6) is 0 Å². The fourth-order valence-corrected chi connectivity index (χ4v) is 1.71. The van der Waals surface area contributed by atoms with E-state index in [1.807, 2.05) is 0 Å². The summed E-state index contributed by atoms with van der Waals surface area (Å²) in [5, 5.41) is 11.9. The second-order valence-corrected chi connectivity index (χ2v) is 4.30. The second kappa shape index (κ2) is 4.47. The molecule has 1 saturated carbocycles. The van der Waals surface area contributed by atoms with E-state index in [1.54, 1.807) is 6.07 Å². The third-order valence-corrected chi connectivity index (χ3v) is 2.62. The van der Waals surface area contributed by atoms with Gasteiger partial charge in [0, 0.05) is 12.2 Å². The number of nitrogens with zero attached hydrogens (tertiary/aromatic N) is 2. The highest BCUT2D eigenvalue weighted by atomic mass is 16.4. The molecule has 0 unspecified atom stereocenters. The Labute approximate surface area is 93.9 Å². The topological polar surface area (TPSA) is 75.1 Å². The van der Waals surface area contributed by atoms with Crippen LogP contribution in [0.25, 0.3) is 0 Å².